The molecule has 0 aliphatic carbocycles. The molecular weight excluding hydrogens is 171 g/mol. The summed E-state index contributed by atoms with van der Waals surface area (Å²) in [6.45, 7) is 3.82. The normalized spacial score (nSPS) is 9.31. The molecule has 0 saturated carbocycles. The van der Waals surface area contributed by atoms with Crippen molar-refractivity contribution in [3.8, 4) is 0 Å². The van der Waals surface area contributed by atoms with Gasteiger partial charge in [-0.05, 0) is 12.1 Å². The minimum Gasteiger partial charge on any atom is -0.347 e. The summed E-state index contributed by atoms with van der Waals surface area (Å²) >= 11 is 0. The maximum Gasteiger partial charge on any atom is 0.270 e. The number of carbonyl (C=O) groups is 1. The van der Waals surface area contributed by atoms with Crippen LogP contribution in [0.15, 0.2) is 31.0 Å². The Labute approximate surface area is 75.3 Å². The highest BCUT2D eigenvalue weighted by molar-refractivity contribution is 5.92. The third-order valence-electron chi connectivity index (χ3n) is 1.37. The zero-order valence-corrected chi connectivity index (χ0v) is 6.96. The molecule has 13 heavy (non-hydrogen) atoms. The molecule has 0 aromatic carbocycles. The average molecular weight is 180 g/mol. The van der Waals surface area contributed by atoms with Crippen LogP contribution in [-0.2, 0) is 0 Å². The van der Waals surface area contributed by atoms with Gasteiger partial charge in [0.1, 0.15) is 11.5 Å². The van der Waals surface area contributed by atoms with Gasteiger partial charge in [-0.3, -0.25) is 4.79 Å². The standard InChI is InChI=1S/C9H9FN2O/c1-2-5-11-9(13)8-4-3-7(10)6-12-8/h2-4,6H,1,5H2,(H,11,13). The first-order valence-corrected chi connectivity index (χ1v) is 3.74. The number of pyridine rings is 1. The van der Waals surface area contributed by atoms with Crippen molar-refractivity contribution in [3.05, 3.63) is 42.5 Å². The predicted molar refractivity (Wildman–Crippen MR) is 46.7 cm³/mol. The molecule has 0 aliphatic heterocycles. The number of rotatable bonds is 3. The number of hydrogen-bond acceptors (Lipinski definition) is 2. The van der Waals surface area contributed by atoms with Gasteiger partial charge in [0.05, 0.1) is 6.20 Å². The lowest BCUT2D eigenvalue weighted by Gasteiger charge is -1.99. The molecule has 3 nitrogen and oxygen atoms in total. The van der Waals surface area contributed by atoms with Crippen molar-refractivity contribution < 1.29 is 9.18 Å². The van der Waals surface area contributed by atoms with Crippen LogP contribution in [0.2, 0.25) is 0 Å². The van der Waals surface area contributed by atoms with Gasteiger partial charge >= 0.3 is 0 Å². The number of nitrogens with zero attached hydrogens (tertiary/aromatic N) is 1. The van der Waals surface area contributed by atoms with Crippen molar-refractivity contribution in [2.75, 3.05) is 6.54 Å². The number of nitrogens with one attached hydrogen (secondary N) is 1. The summed E-state index contributed by atoms with van der Waals surface area (Å²) in [5.74, 6) is -0.792. The van der Waals surface area contributed by atoms with Crippen LogP contribution >= 0.6 is 0 Å². The summed E-state index contributed by atoms with van der Waals surface area (Å²) in [5, 5.41) is 2.53. The fraction of sp³-hybridized carbons (Fsp3) is 0.111. The van der Waals surface area contributed by atoms with Gasteiger partial charge in [0.2, 0.25) is 0 Å². The maximum absolute atomic E-state index is 12.4. The Bertz CT molecular complexity index is 308. The highest BCUT2D eigenvalue weighted by atomic mass is 19.1. The third kappa shape index (κ3) is 2.66. The van der Waals surface area contributed by atoms with Gasteiger partial charge in [0.25, 0.3) is 5.91 Å². The number of hydrogen-bond donors (Lipinski definition) is 1. The summed E-state index contributed by atoms with van der Waals surface area (Å²) in [4.78, 5) is 14.8. The molecule has 0 spiro atoms. The number of carbonyl (C=O) groups excluding carboxylic acids is 1. The van der Waals surface area contributed by atoms with Crippen LogP contribution in [0.4, 0.5) is 4.39 Å². The van der Waals surface area contributed by atoms with Crippen LogP contribution in [0.3, 0.4) is 0 Å². The Balaban J connectivity index is 2.66. The van der Waals surface area contributed by atoms with Crippen LogP contribution < -0.4 is 5.32 Å². The molecule has 1 amide bonds. The maximum atomic E-state index is 12.4. The van der Waals surface area contributed by atoms with E-state index in [0.29, 0.717) is 6.54 Å². The van der Waals surface area contributed by atoms with Gasteiger partial charge in [-0.1, -0.05) is 6.08 Å². The van der Waals surface area contributed by atoms with E-state index in [1.807, 2.05) is 0 Å². The first kappa shape index (κ1) is 9.38. The van der Waals surface area contributed by atoms with E-state index in [-0.39, 0.29) is 11.6 Å². The second kappa shape index (κ2) is 4.35. The highest BCUT2D eigenvalue weighted by Gasteiger charge is 2.04. The lowest BCUT2D eigenvalue weighted by Crippen LogP contribution is -2.24. The Morgan fingerprint density at radius 2 is 2.46 bits per heavy atom. The molecule has 0 aliphatic rings. The van der Waals surface area contributed by atoms with Gasteiger partial charge in [0, 0.05) is 6.54 Å². The van der Waals surface area contributed by atoms with E-state index in [4.69, 9.17) is 0 Å². The molecule has 1 rings (SSSR count). The molecule has 1 heterocycles. The van der Waals surface area contributed by atoms with Gasteiger partial charge in [0.15, 0.2) is 0 Å². The Kier molecular flexibility index (Phi) is 3.14. The topological polar surface area (TPSA) is 42.0 Å². The van der Waals surface area contributed by atoms with Crippen LogP contribution in [-0.4, -0.2) is 17.4 Å². The van der Waals surface area contributed by atoms with Crippen LogP contribution in [0.1, 0.15) is 10.5 Å². The molecule has 4 heteroatoms. The Hall–Kier alpha value is -1.71. The van der Waals surface area contributed by atoms with E-state index < -0.39 is 5.82 Å². The van der Waals surface area contributed by atoms with E-state index in [1.165, 1.54) is 12.1 Å². The predicted octanol–water partition coefficient (Wildman–Crippen LogP) is 1.14. The fourth-order valence-electron chi connectivity index (χ4n) is 0.766. The second-order valence-electron chi connectivity index (χ2n) is 2.36. The molecule has 0 fully saturated rings. The van der Waals surface area contributed by atoms with Crippen molar-refractivity contribution in [2.45, 2.75) is 0 Å². The molecule has 68 valence electrons. The molecule has 1 aromatic heterocycles. The monoisotopic (exact) mass is 180 g/mol. The van der Waals surface area contributed by atoms with E-state index in [9.17, 15) is 9.18 Å². The van der Waals surface area contributed by atoms with Crippen molar-refractivity contribution in [1.29, 1.82) is 0 Å². The summed E-state index contributed by atoms with van der Waals surface area (Å²) in [6.07, 6.45) is 2.56. The Morgan fingerprint density at radius 3 is 3.00 bits per heavy atom. The Morgan fingerprint density at radius 1 is 1.69 bits per heavy atom. The first-order valence-electron chi connectivity index (χ1n) is 3.74. The van der Waals surface area contributed by atoms with Crippen molar-refractivity contribution >= 4 is 5.91 Å². The fourth-order valence-corrected chi connectivity index (χ4v) is 0.766. The molecule has 0 unspecified atom stereocenters. The number of amides is 1. The lowest BCUT2D eigenvalue weighted by molar-refractivity contribution is 0.0953. The quantitative estimate of drug-likeness (QED) is 0.708. The van der Waals surface area contributed by atoms with Gasteiger partial charge in [-0.2, -0.15) is 0 Å². The highest BCUT2D eigenvalue weighted by Crippen LogP contribution is 1.97. The molecule has 0 bridgehead atoms. The minimum absolute atomic E-state index is 0.197. The minimum atomic E-state index is -0.458. The SMILES string of the molecule is C=CCNC(=O)c1ccc(F)cn1. The molecular formula is C9H9FN2O. The largest absolute Gasteiger partial charge is 0.347 e. The van der Waals surface area contributed by atoms with Gasteiger partial charge < -0.3 is 5.32 Å². The molecule has 1 N–H and O–H groups in total. The second-order valence-corrected chi connectivity index (χ2v) is 2.36. The van der Waals surface area contributed by atoms with Crippen molar-refractivity contribution in [2.24, 2.45) is 0 Å². The van der Waals surface area contributed by atoms with E-state index in [1.54, 1.807) is 6.08 Å². The number of halogens is 1. The van der Waals surface area contributed by atoms with E-state index in [2.05, 4.69) is 16.9 Å². The van der Waals surface area contributed by atoms with Crippen LogP contribution in [0, 0.1) is 5.82 Å². The summed E-state index contributed by atoms with van der Waals surface area (Å²) in [6, 6.07) is 2.52. The molecule has 0 atom stereocenters. The van der Waals surface area contributed by atoms with Gasteiger partial charge in [-0.25, -0.2) is 9.37 Å². The summed E-state index contributed by atoms with van der Waals surface area (Å²) in [7, 11) is 0. The molecule has 0 saturated heterocycles. The van der Waals surface area contributed by atoms with E-state index in [0.717, 1.165) is 6.20 Å². The third-order valence-corrected chi connectivity index (χ3v) is 1.37. The summed E-state index contributed by atoms with van der Waals surface area (Å²) in [5.41, 5.74) is 0.197. The zero-order chi connectivity index (χ0) is 9.68. The smallest absolute Gasteiger partial charge is 0.270 e. The lowest BCUT2D eigenvalue weighted by atomic mass is 10.3. The zero-order valence-electron chi connectivity index (χ0n) is 6.96. The van der Waals surface area contributed by atoms with Crippen LogP contribution in [0.25, 0.3) is 0 Å². The number of aromatic nitrogens is 1. The average Bonchev–Trinajstić information content (AvgIpc) is 2.15. The van der Waals surface area contributed by atoms with Gasteiger partial charge in [-0.15, -0.1) is 6.58 Å². The van der Waals surface area contributed by atoms with Crippen molar-refractivity contribution in [3.63, 3.8) is 0 Å². The molecule has 0 radical (unpaired) electrons. The van der Waals surface area contributed by atoms with E-state index >= 15 is 0 Å². The first-order chi connectivity index (χ1) is 6.24. The summed E-state index contributed by atoms with van der Waals surface area (Å²) < 4.78 is 12.4. The molecule has 1 aromatic rings. The van der Waals surface area contributed by atoms with Crippen molar-refractivity contribution in [1.82, 2.24) is 10.3 Å². The van der Waals surface area contributed by atoms with Crippen LogP contribution in [0.5, 0.6) is 0 Å².